The Hall–Kier alpha value is -1.47. The van der Waals surface area contributed by atoms with Gasteiger partial charge in [-0.05, 0) is 45.2 Å². The van der Waals surface area contributed by atoms with E-state index in [0.29, 0.717) is 24.7 Å². The van der Waals surface area contributed by atoms with Gasteiger partial charge >= 0.3 is 0 Å². The van der Waals surface area contributed by atoms with Crippen LogP contribution in [0.1, 0.15) is 74.0 Å². The van der Waals surface area contributed by atoms with E-state index in [9.17, 15) is 5.11 Å². The quantitative estimate of drug-likeness (QED) is 0.584. The normalized spacial score (nSPS) is 20.6. The molecule has 2 aromatic rings. The summed E-state index contributed by atoms with van der Waals surface area (Å²) in [5, 5.41) is 11.8. The van der Waals surface area contributed by atoms with Crippen molar-refractivity contribution in [2.75, 3.05) is 13.2 Å². The summed E-state index contributed by atoms with van der Waals surface area (Å²) in [6.45, 7) is 11.7. The average Bonchev–Trinajstić information content (AvgIpc) is 3.24. The molecule has 2 aromatic heterocycles. The maximum absolute atomic E-state index is 10.2. The molecule has 1 N–H and O–H groups in total. The van der Waals surface area contributed by atoms with Crippen LogP contribution in [-0.4, -0.2) is 28.9 Å². The molecule has 0 amide bonds. The number of aromatic nitrogens is 1. The smallest absolute Gasteiger partial charge is 0.154 e. The number of aliphatic hydroxyl groups is 1. The fourth-order valence-corrected chi connectivity index (χ4v) is 5.19. The molecule has 0 saturated carbocycles. The van der Waals surface area contributed by atoms with Crippen molar-refractivity contribution in [3.8, 4) is 0 Å². The molecule has 0 aliphatic carbocycles. The number of thiophene rings is 1. The molecule has 4 unspecified atom stereocenters. The molecule has 30 heavy (non-hydrogen) atoms. The van der Waals surface area contributed by atoms with Crippen molar-refractivity contribution in [3.63, 3.8) is 0 Å². The molecule has 4 atom stereocenters. The molecular weight excluding hydrogens is 418 g/mol. The lowest BCUT2D eigenvalue weighted by Gasteiger charge is -2.18. The van der Waals surface area contributed by atoms with E-state index in [0.717, 1.165) is 32.6 Å². The lowest BCUT2D eigenvalue weighted by molar-refractivity contribution is 0.110. The van der Waals surface area contributed by atoms with Crippen LogP contribution in [0.5, 0.6) is 0 Å². The first-order chi connectivity index (χ1) is 14.4. The summed E-state index contributed by atoms with van der Waals surface area (Å²) in [6.07, 6.45) is 7.43. The van der Waals surface area contributed by atoms with Crippen molar-refractivity contribution in [2.45, 2.75) is 71.7 Å². The van der Waals surface area contributed by atoms with Crippen LogP contribution in [0.15, 0.2) is 34.4 Å². The lowest BCUT2D eigenvalue weighted by Crippen LogP contribution is -2.36. The van der Waals surface area contributed by atoms with Gasteiger partial charge in [-0.2, -0.15) is 0 Å². The lowest BCUT2D eigenvalue weighted by atomic mass is 10.1. The third kappa shape index (κ3) is 4.88. The van der Waals surface area contributed by atoms with Crippen molar-refractivity contribution in [1.82, 2.24) is 4.57 Å². The Labute approximate surface area is 187 Å². The molecule has 5 nitrogen and oxygen atoms in total. The van der Waals surface area contributed by atoms with E-state index in [-0.39, 0.29) is 18.1 Å². The largest absolute Gasteiger partial charge is 0.388 e. The molecule has 1 aliphatic heterocycles. The second-order valence-electron chi connectivity index (χ2n) is 7.73. The van der Waals surface area contributed by atoms with Crippen molar-refractivity contribution < 1.29 is 9.84 Å². The zero-order chi connectivity index (χ0) is 21.8. The molecule has 0 fully saturated rings. The first-order valence-electron chi connectivity index (χ1n) is 10.8. The molecule has 3 rings (SSSR count). The topological polar surface area (TPSA) is 59.1 Å². The van der Waals surface area contributed by atoms with E-state index in [1.54, 1.807) is 11.3 Å². The summed E-state index contributed by atoms with van der Waals surface area (Å²) in [4.78, 5) is 11.9. The van der Waals surface area contributed by atoms with Crippen molar-refractivity contribution in [3.05, 3.63) is 55.6 Å². The first kappa shape index (κ1) is 23.2. The van der Waals surface area contributed by atoms with Crippen LogP contribution in [0.2, 0.25) is 5.02 Å². The van der Waals surface area contributed by atoms with Gasteiger partial charge in [0.05, 0.1) is 34.7 Å². The van der Waals surface area contributed by atoms with Crippen LogP contribution in [-0.2, 0) is 4.74 Å². The minimum atomic E-state index is -0.491. The Balaban J connectivity index is 2.13. The third-order valence-corrected chi connectivity index (χ3v) is 7.16. The van der Waals surface area contributed by atoms with Gasteiger partial charge in [0.15, 0.2) is 5.49 Å². The van der Waals surface area contributed by atoms with Crippen LogP contribution in [0.25, 0.3) is 0 Å². The fourth-order valence-electron chi connectivity index (χ4n) is 3.64. The molecule has 0 bridgehead atoms. The highest BCUT2D eigenvalue weighted by molar-refractivity contribution is 7.12. The predicted molar refractivity (Wildman–Crippen MR) is 123 cm³/mol. The van der Waals surface area contributed by atoms with Crippen molar-refractivity contribution in [2.24, 2.45) is 9.98 Å². The number of fused-ring (bicyclic) bond motifs is 1. The summed E-state index contributed by atoms with van der Waals surface area (Å²) in [5.41, 5.74) is 2.00. The van der Waals surface area contributed by atoms with Gasteiger partial charge in [0.1, 0.15) is 11.4 Å². The monoisotopic (exact) mass is 449 g/mol. The Bertz CT molecular complexity index is 1010. The molecule has 1 aliphatic rings. The summed E-state index contributed by atoms with van der Waals surface area (Å²) in [7, 11) is 0. The number of rotatable bonds is 8. The van der Waals surface area contributed by atoms with Crippen LogP contribution in [0, 0.1) is 6.92 Å². The van der Waals surface area contributed by atoms with Gasteiger partial charge in [-0.3, -0.25) is 9.98 Å². The maximum Gasteiger partial charge on any atom is 0.154 e. The predicted octanol–water partition coefficient (Wildman–Crippen LogP) is 4.88. The van der Waals surface area contributed by atoms with Crippen LogP contribution in [0.3, 0.4) is 0 Å². The minimum absolute atomic E-state index is 0.0267. The second kappa shape index (κ2) is 10.2. The number of halogens is 1. The number of hydrogen-bond acceptors (Lipinski definition) is 5. The van der Waals surface area contributed by atoms with E-state index in [1.165, 1.54) is 0 Å². The molecular formula is C23H32ClN3O2S. The Morgan fingerprint density at radius 3 is 2.67 bits per heavy atom. The van der Waals surface area contributed by atoms with Crippen LogP contribution >= 0.6 is 22.9 Å². The van der Waals surface area contributed by atoms with Gasteiger partial charge in [-0.1, -0.05) is 37.6 Å². The Morgan fingerprint density at radius 1 is 1.23 bits per heavy atom. The van der Waals surface area contributed by atoms with Gasteiger partial charge in [0.25, 0.3) is 0 Å². The number of nitrogens with zero attached hydrogens (tertiary/aromatic N) is 3. The number of hydrogen-bond donors (Lipinski definition) is 1. The highest BCUT2D eigenvalue weighted by Gasteiger charge is 2.21. The Kier molecular flexibility index (Phi) is 7.91. The highest BCUT2D eigenvalue weighted by atomic mass is 35.5. The maximum atomic E-state index is 10.2. The van der Waals surface area contributed by atoms with Crippen molar-refractivity contribution >= 4 is 22.9 Å². The van der Waals surface area contributed by atoms with Gasteiger partial charge < -0.3 is 14.4 Å². The van der Waals surface area contributed by atoms with E-state index in [2.05, 4.69) is 43.7 Å². The average molecular weight is 450 g/mol. The molecule has 3 heterocycles. The summed E-state index contributed by atoms with van der Waals surface area (Å²) < 4.78 is 7.94. The van der Waals surface area contributed by atoms with Crippen LogP contribution < -0.4 is 10.8 Å². The third-order valence-electron chi connectivity index (χ3n) is 5.42. The molecule has 0 saturated heterocycles. The number of aliphatic hydroxyl groups excluding tert-OH is 1. The van der Waals surface area contributed by atoms with Gasteiger partial charge in [0.2, 0.25) is 0 Å². The molecule has 164 valence electrons. The van der Waals surface area contributed by atoms with E-state index >= 15 is 0 Å². The summed E-state index contributed by atoms with van der Waals surface area (Å²) in [6, 6.07) is 1.93. The van der Waals surface area contributed by atoms with E-state index in [4.69, 9.17) is 26.3 Å². The highest BCUT2D eigenvalue weighted by Crippen LogP contribution is 2.38. The van der Waals surface area contributed by atoms with E-state index in [1.807, 2.05) is 19.9 Å². The zero-order valence-corrected chi connectivity index (χ0v) is 20.0. The summed E-state index contributed by atoms with van der Waals surface area (Å²) in [5.74, 6) is 0. The minimum Gasteiger partial charge on any atom is -0.388 e. The van der Waals surface area contributed by atoms with Gasteiger partial charge in [-0.15, -0.1) is 11.3 Å². The van der Waals surface area contributed by atoms with Gasteiger partial charge in [0, 0.05) is 17.7 Å². The second-order valence-corrected chi connectivity index (χ2v) is 9.25. The Morgan fingerprint density at radius 2 is 2.00 bits per heavy atom. The number of ether oxygens (including phenoxy) is 1. The molecule has 7 heteroatoms. The SMILES string of the molecule is CCOCC(CC)n1cc(C)c2c1=NC(C)C=CC(c1sc(C(O)CC)cc1Cl)N=2. The van der Waals surface area contributed by atoms with Crippen molar-refractivity contribution in [1.29, 1.82) is 0 Å². The standard InChI is InChI=1S/C23H32ClN3O2S/c1-6-16(13-29-8-3)27-12-14(4)21-23(27)25-15(5)9-10-18(26-21)22-17(24)11-20(30-22)19(28)7-2/h9-12,15-16,18-19,28H,6-8,13H2,1-5H3. The van der Waals surface area contributed by atoms with E-state index < -0.39 is 6.10 Å². The molecule has 0 spiro atoms. The summed E-state index contributed by atoms with van der Waals surface area (Å²) >= 11 is 8.11. The molecule has 0 radical (unpaired) electrons. The fraction of sp³-hybridized carbons (Fsp3) is 0.565. The van der Waals surface area contributed by atoms with Crippen LogP contribution in [0.4, 0.5) is 0 Å². The van der Waals surface area contributed by atoms with Gasteiger partial charge in [-0.25, -0.2) is 0 Å². The molecule has 0 aromatic carbocycles. The first-order valence-corrected chi connectivity index (χ1v) is 11.9. The number of aryl methyl sites for hydroxylation is 1. The zero-order valence-electron chi connectivity index (χ0n) is 18.4.